The van der Waals surface area contributed by atoms with E-state index in [1.54, 1.807) is 7.11 Å². The topological polar surface area (TPSA) is 104 Å². The molecule has 0 fully saturated rings. The summed E-state index contributed by atoms with van der Waals surface area (Å²) in [7, 11) is 1.62. The number of nitrogens with zero attached hydrogens (tertiary/aromatic N) is 1. The maximum absolute atomic E-state index is 12.3. The van der Waals surface area contributed by atoms with E-state index >= 15 is 0 Å². The first-order valence-electron chi connectivity index (χ1n) is 9.51. The summed E-state index contributed by atoms with van der Waals surface area (Å²) < 4.78 is 5.18. The van der Waals surface area contributed by atoms with Crippen molar-refractivity contribution in [1.82, 2.24) is 4.90 Å². The Morgan fingerprint density at radius 1 is 1.00 bits per heavy atom. The quantitative estimate of drug-likeness (QED) is 0.556. The smallest absolute Gasteiger partial charge is 0.414 e. The Hall–Kier alpha value is -3.45. The third kappa shape index (κ3) is 7.18. The van der Waals surface area contributed by atoms with E-state index in [2.05, 4.69) is 35.2 Å². The molecule has 0 aliphatic carbocycles. The van der Waals surface area contributed by atoms with Crippen molar-refractivity contribution in [3.63, 3.8) is 0 Å². The van der Waals surface area contributed by atoms with E-state index in [0.717, 1.165) is 37.4 Å². The number of hydrogen-bond donors (Lipinski definition) is 2. The summed E-state index contributed by atoms with van der Waals surface area (Å²) in [6.45, 7) is 2.72. The number of hydrogen-bond acceptors (Lipinski definition) is 5. The van der Waals surface area contributed by atoms with E-state index in [-0.39, 0.29) is 5.78 Å². The molecule has 0 saturated heterocycles. The van der Waals surface area contributed by atoms with E-state index in [1.807, 2.05) is 30.3 Å². The van der Waals surface area contributed by atoms with E-state index in [4.69, 9.17) is 24.5 Å². The van der Waals surface area contributed by atoms with Crippen LogP contribution in [0.4, 0.5) is 0 Å². The van der Waals surface area contributed by atoms with Gasteiger partial charge in [-0.25, -0.2) is 9.59 Å². The van der Waals surface area contributed by atoms with Crippen molar-refractivity contribution in [3.8, 4) is 5.75 Å². The number of carbonyl (C=O) groups is 3. The highest BCUT2D eigenvalue weighted by molar-refractivity contribution is 6.27. The van der Waals surface area contributed by atoms with Gasteiger partial charge in [0, 0.05) is 31.6 Å². The third-order valence-corrected chi connectivity index (χ3v) is 4.67. The molecule has 158 valence electrons. The van der Waals surface area contributed by atoms with Gasteiger partial charge in [-0.15, -0.1) is 0 Å². The zero-order valence-corrected chi connectivity index (χ0v) is 16.8. The Morgan fingerprint density at radius 2 is 1.70 bits per heavy atom. The van der Waals surface area contributed by atoms with Gasteiger partial charge in [0.2, 0.25) is 0 Å². The maximum atomic E-state index is 12.3. The van der Waals surface area contributed by atoms with Crippen LogP contribution in [0, 0.1) is 0 Å². The van der Waals surface area contributed by atoms with Gasteiger partial charge in [0.15, 0.2) is 5.78 Å². The zero-order chi connectivity index (χ0) is 21.9. The summed E-state index contributed by atoms with van der Waals surface area (Å²) in [5.41, 5.74) is 3.45. The molecule has 7 heteroatoms. The van der Waals surface area contributed by atoms with Crippen molar-refractivity contribution >= 4 is 23.3 Å². The zero-order valence-electron chi connectivity index (χ0n) is 16.8. The molecule has 0 radical (unpaired) electrons. The summed E-state index contributed by atoms with van der Waals surface area (Å²) in [6.07, 6.45) is 3.87. The standard InChI is InChI=1S/C21H23NO2.C2H2O4/c1-24-20-9-5-8-19(16-20)21(23)12-15-22-13-10-18(11-14-22)17-6-3-2-4-7-17;3-1(4)2(5)6/h2-10,16H,11-15H2,1H3;(H,3,4)(H,5,6). The number of benzene rings is 2. The predicted octanol–water partition coefficient (Wildman–Crippen LogP) is 3.21. The van der Waals surface area contributed by atoms with Crippen LogP contribution in [0.2, 0.25) is 0 Å². The van der Waals surface area contributed by atoms with Gasteiger partial charge in [-0.1, -0.05) is 48.5 Å². The molecule has 1 heterocycles. The number of carboxylic acids is 2. The summed E-state index contributed by atoms with van der Waals surface area (Å²) >= 11 is 0. The highest BCUT2D eigenvalue weighted by Gasteiger charge is 2.15. The summed E-state index contributed by atoms with van der Waals surface area (Å²) in [5, 5.41) is 14.8. The molecule has 30 heavy (non-hydrogen) atoms. The second kappa shape index (κ2) is 11.5. The van der Waals surface area contributed by atoms with Gasteiger partial charge in [-0.05, 0) is 29.7 Å². The fraction of sp³-hybridized carbons (Fsp3) is 0.261. The lowest BCUT2D eigenvalue weighted by Gasteiger charge is -2.26. The number of carbonyl (C=O) groups excluding carboxylic acids is 1. The molecule has 3 rings (SSSR count). The fourth-order valence-corrected chi connectivity index (χ4v) is 3.03. The lowest BCUT2D eigenvalue weighted by Crippen LogP contribution is -2.30. The van der Waals surface area contributed by atoms with Crippen LogP contribution in [0.1, 0.15) is 28.8 Å². The number of ether oxygens (including phenoxy) is 1. The molecule has 0 unspecified atom stereocenters. The summed E-state index contributed by atoms with van der Waals surface area (Å²) in [6, 6.07) is 17.9. The predicted molar refractivity (Wildman–Crippen MR) is 113 cm³/mol. The average Bonchev–Trinajstić information content (AvgIpc) is 2.78. The van der Waals surface area contributed by atoms with Gasteiger partial charge < -0.3 is 14.9 Å². The average molecular weight is 411 g/mol. The number of Topliss-reactive ketones (excluding diaryl/α,β-unsaturated/α-hetero) is 1. The Balaban J connectivity index is 0.000000469. The van der Waals surface area contributed by atoms with Gasteiger partial charge >= 0.3 is 11.9 Å². The minimum Gasteiger partial charge on any atom is -0.497 e. The first-order valence-corrected chi connectivity index (χ1v) is 9.51. The van der Waals surface area contributed by atoms with E-state index < -0.39 is 11.9 Å². The second-order valence-corrected chi connectivity index (χ2v) is 6.66. The minimum absolute atomic E-state index is 0.173. The Bertz CT molecular complexity index is 895. The minimum atomic E-state index is -1.82. The second-order valence-electron chi connectivity index (χ2n) is 6.66. The van der Waals surface area contributed by atoms with Crippen LogP contribution in [-0.2, 0) is 9.59 Å². The summed E-state index contributed by atoms with van der Waals surface area (Å²) in [4.78, 5) is 32.9. The molecule has 1 aliphatic rings. The van der Waals surface area contributed by atoms with Crippen molar-refractivity contribution in [2.75, 3.05) is 26.7 Å². The molecule has 2 N–H and O–H groups in total. The van der Waals surface area contributed by atoms with Crippen LogP contribution in [0.15, 0.2) is 60.7 Å². The Kier molecular flexibility index (Phi) is 8.77. The molecule has 7 nitrogen and oxygen atoms in total. The van der Waals surface area contributed by atoms with E-state index in [9.17, 15) is 4.79 Å². The van der Waals surface area contributed by atoms with E-state index in [0.29, 0.717) is 6.42 Å². The molecular weight excluding hydrogens is 386 g/mol. The molecule has 2 aromatic carbocycles. The number of rotatable bonds is 6. The van der Waals surface area contributed by atoms with Crippen LogP contribution in [-0.4, -0.2) is 59.6 Å². The van der Waals surface area contributed by atoms with Gasteiger partial charge in [0.05, 0.1) is 7.11 Å². The van der Waals surface area contributed by atoms with Crippen molar-refractivity contribution in [2.45, 2.75) is 12.8 Å². The van der Waals surface area contributed by atoms with E-state index in [1.165, 1.54) is 11.1 Å². The molecule has 0 bridgehead atoms. The molecular formula is C23H25NO6. The fourth-order valence-electron chi connectivity index (χ4n) is 3.03. The largest absolute Gasteiger partial charge is 0.497 e. The molecule has 0 aromatic heterocycles. The number of ketones is 1. The molecule has 0 amide bonds. The molecule has 0 atom stereocenters. The van der Waals surface area contributed by atoms with Crippen molar-refractivity contribution in [3.05, 3.63) is 71.8 Å². The van der Waals surface area contributed by atoms with Crippen LogP contribution >= 0.6 is 0 Å². The van der Waals surface area contributed by atoms with Gasteiger partial charge in [0.1, 0.15) is 5.75 Å². The molecule has 0 spiro atoms. The lowest BCUT2D eigenvalue weighted by atomic mass is 9.99. The number of aliphatic carboxylic acids is 2. The number of methoxy groups -OCH3 is 1. The lowest BCUT2D eigenvalue weighted by molar-refractivity contribution is -0.159. The van der Waals surface area contributed by atoms with Crippen LogP contribution in [0.3, 0.4) is 0 Å². The molecule has 2 aromatic rings. The first kappa shape index (κ1) is 22.8. The van der Waals surface area contributed by atoms with Gasteiger partial charge in [0.25, 0.3) is 0 Å². The highest BCUT2D eigenvalue weighted by atomic mass is 16.5. The Morgan fingerprint density at radius 3 is 2.27 bits per heavy atom. The normalized spacial score (nSPS) is 13.4. The van der Waals surface area contributed by atoms with Crippen molar-refractivity contribution in [2.24, 2.45) is 0 Å². The van der Waals surface area contributed by atoms with Crippen molar-refractivity contribution in [1.29, 1.82) is 0 Å². The first-order chi connectivity index (χ1) is 14.4. The molecule has 0 saturated carbocycles. The van der Waals surface area contributed by atoms with Crippen LogP contribution < -0.4 is 4.74 Å². The number of carboxylic acid groups (broad SMARTS) is 2. The molecule has 1 aliphatic heterocycles. The Labute approximate surface area is 175 Å². The van der Waals surface area contributed by atoms with Crippen LogP contribution in [0.5, 0.6) is 5.75 Å². The maximum Gasteiger partial charge on any atom is 0.414 e. The third-order valence-electron chi connectivity index (χ3n) is 4.67. The van der Waals surface area contributed by atoms with Crippen molar-refractivity contribution < 1.29 is 29.3 Å². The monoisotopic (exact) mass is 411 g/mol. The SMILES string of the molecule is COc1cccc(C(=O)CCN2CC=C(c3ccccc3)CC2)c1.O=C(O)C(=O)O. The van der Waals surface area contributed by atoms with Crippen LogP contribution in [0.25, 0.3) is 5.57 Å². The van der Waals surface area contributed by atoms with Gasteiger partial charge in [-0.3, -0.25) is 9.69 Å². The summed E-state index contributed by atoms with van der Waals surface area (Å²) in [5.74, 6) is -2.74. The highest BCUT2D eigenvalue weighted by Crippen LogP contribution is 2.22. The van der Waals surface area contributed by atoms with Gasteiger partial charge in [-0.2, -0.15) is 0 Å².